The van der Waals surface area contributed by atoms with Crippen LogP contribution in [0.2, 0.25) is 0 Å². The van der Waals surface area contributed by atoms with Crippen LogP contribution in [-0.4, -0.2) is 50.7 Å². The van der Waals surface area contributed by atoms with Gasteiger partial charge in [0.1, 0.15) is 24.0 Å². The van der Waals surface area contributed by atoms with Gasteiger partial charge in [0.15, 0.2) is 0 Å². The lowest BCUT2D eigenvalue weighted by Crippen LogP contribution is -2.53. The van der Waals surface area contributed by atoms with Crippen molar-refractivity contribution in [2.45, 2.75) is 51.1 Å². The molecule has 1 saturated heterocycles. The Bertz CT molecular complexity index is 853. The smallest absolute Gasteiger partial charge is 0.315 e. The maximum atomic E-state index is 13.1. The number of nitrogens with one attached hydrogen (secondary N) is 2. The molecule has 2 heterocycles. The summed E-state index contributed by atoms with van der Waals surface area (Å²) < 4.78 is 14.9. The molecule has 0 spiro atoms. The molecule has 2 unspecified atom stereocenters. The van der Waals surface area contributed by atoms with E-state index in [0.29, 0.717) is 19.5 Å². The minimum Gasteiger partial charge on any atom is -0.340 e. The van der Waals surface area contributed by atoms with E-state index in [9.17, 15) is 14.0 Å². The van der Waals surface area contributed by atoms with Crippen molar-refractivity contribution in [3.05, 3.63) is 47.8 Å². The van der Waals surface area contributed by atoms with E-state index < -0.39 is 12.1 Å². The lowest BCUT2D eigenvalue weighted by molar-refractivity contribution is -0.134. The third-order valence-corrected chi connectivity index (χ3v) is 5.39. The number of aromatic nitrogens is 3. The number of carbonyl (C=O) groups is 2. The van der Waals surface area contributed by atoms with Gasteiger partial charge in [0.05, 0.1) is 0 Å². The lowest BCUT2D eigenvalue weighted by Gasteiger charge is -2.34. The summed E-state index contributed by atoms with van der Waals surface area (Å²) in [6, 6.07) is 4.94. The second kappa shape index (κ2) is 10.2. The van der Waals surface area contributed by atoms with Gasteiger partial charge in [0, 0.05) is 32.6 Å². The van der Waals surface area contributed by atoms with E-state index in [-0.39, 0.29) is 24.2 Å². The molecular formula is C21H29FN6O2. The normalized spacial score (nSPS) is 17.4. The SMILES string of the molecule is CCCC(NC(=O)NCc1ccc(F)cc1)C(=O)N1CCCC(c2nncn2C)C1. The molecule has 1 aromatic carbocycles. The van der Waals surface area contributed by atoms with Crippen molar-refractivity contribution in [2.75, 3.05) is 13.1 Å². The summed E-state index contributed by atoms with van der Waals surface area (Å²) in [6.07, 6.45) is 4.85. The van der Waals surface area contributed by atoms with Gasteiger partial charge in [0.2, 0.25) is 5.91 Å². The van der Waals surface area contributed by atoms with E-state index in [2.05, 4.69) is 20.8 Å². The summed E-state index contributed by atoms with van der Waals surface area (Å²) >= 11 is 0. The fourth-order valence-corrected chi connectivity index (χ4v) is 3.81. The highest BCUT2D eigenvalue weighted by atomic mass is 19.1. The van der Waals surface area contributed by atoms with Crippen LogP contribution in [0.25, 0.3) is 0 Å². The topological polar surface area (TPSA) is 92.2 Å². The van der Waals surface area contributed by atoms with Crippen molar-refractivity contribution in [3.8, 4) is 0 Å². The maximum absolute atomic E-state index is 13.1. The number of hydrogen-bond acceptors (Lipinski definition) is 4. The Hall–Kier alpha value is -2.97. The van der Waals surface area contributed by atoms with Gasteiger partial charge in [-0.3, -0.25) is 4.79 Å². The average molecular weight is 417 g/mol. The van der Waals surface area contributed by atoms with Crippen LogP contribution >= 0.6 is 0 Å². The molecule has 0 bridgehead atoms. The molecule has 0 radical (unpaired) electrons. The maximum Gasteiger partial charge on any atom is 0.315 e. The van der Waals surface area contributed by atoms with E-state index in [4.69, 9.17) is 0 Å². The largest absolute Gasteiger partial charge is 0.340 e. The molecule has 162 valence electrons. The number of nitrogens with zero attached hydrogens (tertiary/aromatic N) is 4. The molecule has 0 saturated carbocycles. The zero-order chi connectivity index (χ0) is 21.5. The molecule has 2 N–H and O–H groups in total. The number of carbonyl (C=O) groups excluding carboxylic acids is 2. The van der Waals surface area contributed by atoms with E-state index in [1.807, 2.05) is 23.4 Å². The van der Waals surface area contributed by atoms with E-state index in [1.54, 1.807) is 18.5 Å². The Labute approximate surface area is 175 Å². The second-order valence-corrected chi connectivity index (χ2v) is 7.72. The predicted molar refractivity (Wildman–Crippen MR) is 110 cm³/mol. The molecule has 2 aromatic rings. The van der Waals surface area contributed by atoms with Gasteiger partial charge in [-0.05, 0) is 37.0 Å². The van der Waals surface area contributed by atoms with Crippen molar-refractivity contribution in [1.29, 1.82) is 0 Å². The Morgan fingerprint density at radius 1 is 1.30 bits per heavy atom. The number of piperidine rings is 1. The number of urea groups is 1. The fourth-order valence-electron chi connectivity index (χ4n) is 3.81. The first-order chi connectivity index (χ1) is 14.5. The molecule has 1 aliphatic rings. The van der Waals surface area contributed by atoms with Crippen molar-refractivity contribution in [3.63, 3.8) is 0 Å². The fraction of sp³-hybridized carbons (Fsp3) is 0.524. The molecule has 30 heavy (non-hydrogen) atoms. The summed E-state index contributed by atoms with van der Waals surface area (Å²) in [4.78, 5) is 27.3. The standard InChI is InChI=1S/C21H29FN6O2/c1-3-5-18(25-21(30)23-12-15-7-9-17(22)10-8-15)20(29)28-11-4-6-16(13-28)19-26-24-14-27(19)2/h7-10,14,16,18H,3-6,11-13H2,1-2H3,(H2,23,25,30). The van der Waals surface area contributed by atoms with Gasteiger partial charge in [0.25, 0.3) is 0 Å². The highest BCUT2D eigenvalue weighted by Gasteiger charge is 2.31. The van der Waals surface area contributed by atoms with Gasteiger partial charge in [-0.15, -0.1) is 10.2 Å². The second-order valence-electron chi connectivity index (χ2n) is 7.72. The van der Waals surface area contributed by atoms with Gasteiger partial charge in [-0.2, -0.15) is 0 Å². The van der Waals surface area contributed by atoms with Crippen LogP contribution in [-0.2, 0) is 18.4 Å². The number of amides is 3. The van der Waals surface area contributed by atoms with Crippen molar-refractivity contribution in [1.82, 2.24) is 30.3 Å². The van der Waals surface area contributed by atoms with E-state index in [1.165, 1.54) is 12.1 Å². The summed E-state index contributed by atoms with van der Waals surface area (Å²) in [7, 11) is 1.91. The quantitative estimate of drug-likeness (QED) is 0.725. The molecular weight excluding hydrogens is 387 g/mol. The number of aryl methyl sites for hydroxylation is 1. The van der Waals surface area contributed by atoms with E-state index in [0.717, 1.165) is 30.7 Å². The Kier molecular flexibility index (Phi) is 7.37. The molecule has 8 nitrogen and oxygen atoms in total. The summed E-state index contributed by atoms with van der Waals surface area (Å²) in [5.41, 5.74) is 0.785. The minimum absolute atomic E-state index is 0.0688. The summed E-state index contributed by atoms with van der Waals surface area (Å²) in [6.45, 7) is 3.49. The van der Waals surface area contributed by atoms with Crippen LogP contribution < -0.4 is 10.6 Å². The first-order valence-corrected chi connectivity index (χ1v) is 10.4. The highest BCUT2D eigenvalue weighted by Crippen LogP contribution is 2.25. The van der Waals surface area contributed by atoms with Crippen LogP contribution in [0, 0.1) is 5.82 Å². The van der Waals surface area contributed by atoms with Crippen molar-refractivity contribution < 1.29 is 14.0 Å². The van der Waals surface area contributed by atoms with Gasteiger partial charge in [-0.25, -0.2) is 9.18 Å². The molecule has 3 rings (SSSR count). The van der Waals surface area contributed by atoms with Gasteiger partial charge in [-0.1, -0.05) is 25.5 Å². The van der Waals surface area contributed by atoms with Crippen LogP contribution in [0.3, 0.4) is 0 Å². The van der Waals surface area contributed by atoms with Crippen LogP contribution in [0.4, 0.5) is 9.18 Å². The number of likely N-dealkylation sites (tertiary alicyclic amines) is 1. The summed E-state index contributed by atoms with van der Waals surface area (Å²) in [5, 5.41) is 13.7. The first kappa shape index (κ1) is 21.7. The van der Waals surface area contributed by atoms with Crippen LogP contribution in [0.5, 0.6) is 0 Å². The van der Waals surface area contributed by atoms with Crippen molar-refractivity contribution in [2.24, 2.45) is 7.05 Å². The number of halogens is 1. The Morgan fingerprint density at radius 3 is 2.73 bits per heavy atom. The number of hydrogen-bond donors (Lipinski definition) is 2. The van der Waals surface area contributed by atoms with Gasteiger partial charge >= 0.3 is 6.03 Å². The monoisotopic (exact) mass is 416 g/mol. The molecule has 9 heteroatoms. The Morgan fingerprint density at radius 2 is 2.07 bits per heavy atom. The van der Waals surface area contributed by atoms with Gasteiger partial charge < -0.3 is 20.1 Å². The zero-order valence-electron chi connectivity index (χ0n) is 17.5. The molecule has 3 amide bonds. The van der Waals surface area contributed by atoms with E-state index >= 15 is 0 Å². The molecule has 2 atom stereocenters. The molecule has 1 fully saturated rings. The number of rotatable bonds is 7. The summed E-state index contributed by atoms with van der Waals surface area (Å²) in [5.74, 6) is 0.632. The molecule has 1 aromatic heterocycles. The first-order valence-electron chi connectivity index (χ1n) is 10.4. The Balaban J connectivity index is 1.57. The third kappa shape index (κ3) is 5.55. The minimum atomic E-state index is -0.582. The predicted octanol–water partition coefficient (Wildman–Crippen LogP) is 2.33. The van der Waals surface area contributed by atoms with Crippen LogP contribution in [0.1, 0.15) is 49.9 Å². The third-order valence-electron chi connectivity index (χ3n) is 5.39. The molecule has 1 aliphatic heterocycles. The zero-order valence-corrected chi connectivity index (χ0v) is 17.5. The average Bonchev–Trinajstić information content (AvgIpc) is 3.18. The number of benzene rings is 1. The van der Waals surface area contributed by atoms with Crippen LogP contribution in [0.15, 0.2) is 30.6 Å². The molecule has 0 aliphatic carbocycles. The lowest BCUT2D eigenvalue weighted by atomic mass is 9.96. The van der Waals surface area contributed by atoms with Crippen molar-refractivity contribution >= 4 is 11.9 Å². The highest BCUT2D eigenvalue weighted by molar-refractivity contribution is 5.87.